The molecule has 0 aromatic carbocycles. The Hall–Kier alpha value is -0.380. The number of nitrogens with two attached hydrogens (primary N) is 1. The van der Waals surface area contributed by atoms with Crippen LogP contribution in [0.5, 0.6) is 0 Å². The summed E-state index contributed by atoms with van der Waals surface area (Å²) in [6.45, 7) is 5.99. The van der Waals surface area contributed by atoms with Gasteiger partial charge >= 0.3 is 0 Å². The Morgan fingerprint density at radius 3 is 3.07 bits per heavy atom. The van der Waals surface area contributed by atoms with Gasteiger partial charge in [-0.1, -0.05) is 13.8 Å². The van der Waals surface area contributed by atoms with Crippen LogP contribution in [0.15, 0.2) is 11.4 Å². The third kappa shape index (κ3) is 2.25. The van der Waals surface area contributed by atoms with E-state index >= 15 is 0 Å². The number of hydrogen-bond donors (Lipinski definition) is 1. The average molecular weight is 225 g/mol. The van der Waals surface area contributed by atoms with Crippen LogP contribution < -0.4 is 5.73 Å². The Bertz CT molecular complexity index is 321. The van der Waals surface area contributed by atoms with Gasteiger partial charge < -0.3 is 10.5 Å². The third-order valence-electron chi connectivity index (χ3n) is 3.18. The molecule has 0 fully saturated rings. The zero-order valence-corrected chi connectivity index (χ0v) is 10.2. The number of hydrogen-bond acceptors (Lipinski definition) is 3. The molecule has 2 heterocycles. The van der Waals surface area contributed by atoms with E-state index in [4.69, 9.17) is 10.5 Å². The first-order valence-corrected chi connectivity index (χ1v) is 6.47. The highest BCUT2D eigenvalue weighted by Gasteiger charge is 2.27. The summed E-state index contributed by atoms with van der Waals surface area (Å²) in [5.74, 6) is 0.887. The monoisotopic (exact) mass is 225 g/mol. The van der Waals surface area contributed by atoms with E-state index in [2.05, 4.69) is 25.3 Å². The van der Waals surface area contributed by atoms with Gasteiger partial charge in [0.2, 0.25) is 0 Å². The normalized spacial score (nSPS) is 23.6. The van der Waals surface area contributed by atoms with E-state index in [0.717, 1.165) is 19.6 Å². The molecular weight excluding hydrogens is 206 g/mol. The molecule has 0 bridgehead atoms. The Morgan fingerprint density at radius 1 is 1.53 bits per heavy atom. The largest absolute Gasteiger partial charge is 0.380 e. The van der Waals surface area contributed by atoms with Crippen molar-refractivity contribution in [2.75, 3.05) is 13.2 Å². The lowest BCUT2D eigenvalue weighted by atomic mass is 9.86. The van der Waals surface area contributed by atoms with Crippen molar-refractivity contribution in [1.29, 1.82) is 0 Å². The van der Waals surface area contributed by atoms with Crippen molar-refractivity contribution in [3.8, 4) is 0 Å². The van der Waals surface area contributed by atoms with E-state index in [1.54, 1.807) is 0 Å². The molecule has 2 N–H and O–H groups in total. The average Bonchev–Trinajstić information content (AvgIpc) is 2.57. The van der Waals surface area contributed by atoms with Crippen LogP contribution in [0.2, 0.25) is 0 Å². The van der Waals surface area contributed by atoms with Crippen LogP contribution in [-0.4, -0.2) is 19.3 Å². The van der Waals surface area contributed by atoms with Gasteiger partial charge in [-0.3, -0.25) is 0 Å². The number of ether oxygens (including phenoxy) is 1. The number of rotatable bonds is 2. The lowest BCUT2D eigenvalue weighted by Crippen LogP contribution is -2.35. The van der Waals surface area contributed by atoms with E-state index in [1.807, 2.05) is 11.3 Å². The van der Waals surface area contributed by atoms with E-state index in [9.17, 15) is 0 Å². The van der Waals surface area contributed by atoms with Crippen LogP contribution >= 0.6 is 11.3 Å². The van der Waals surface area contributed by atoms with Gasteiger partial charge in [0.15, 0.2) is 0 Å². The summed E-state index contributed by atoms with van der Waals surface area (Å²) in [6, 6.07) is 2.43. The maximum absolute atomic E-state index is 6.26. The van der Waals surface area contributed by atoms with Gasteiger partial charge in [-0.15, -0.1) is 11.3 Å². The molecule has 1 aromatic heterocycles. The predicted octanol–water partition coefficient (Wildman–Crippen LogP) is 2.39. The van der Waals surface area contributed by atoms with Crippen LogP contribution in [0.4, 0.5) is 0 Å². The molecule has 0 unspecified atom stereocenters. The highest BCUT2D eigenvalue weighted by molar-refractivity contribution is 7.10. The van der Waals surface area contributed by atoms with Crippen LogP contribution in [0.3, 0.4) is 0 Å². The summed E-state index contributed by atoms with van der Waals surface area (Å²) in [5.41, 5.74) is 7.69. The second-order valence-electron chi connectivity index (χ2n) is 4.55. The van der Waals surface area contributed by atoms with Gasteiger partial charge in [-0.05, 0) is 22.9 Å². The zero-order valence-electron chi connectivity index (χ0n) is 9.40. The standard InChI is InChI=1S/C12H19NOS/c1-8(2)12(13)10-7-14-5-3-11-9(10)4-6-15-11/h4,6,8,10,12H,3,5,7,13H2,1-2H3/t10-,12-/m0/s1. The fourth-order valence-electron chi connectivity index (χ4n) is 2.13. The molecule has 0 amide bonds. The Labute approximate surface area is 95.4 Å². The maximum atomic E-state index is 6.26. The summed E-state index contributed by atoms with van der Waals surface area (Å²) in [4.78, 5) is 1.47. The second kappa shape index (κ2) is 4.64. The molecule has 1 aliphatic rings. The first kappa shape index (κ1) is 11.1. The van der Waals surface area contributed by atoms with Crippen molar-refractivity contribution >= 4 is 11.3 Å². The highest BCUT2D eigenvalue weighted by Crippen LogP contribution is 2.32. The highest BCUT2D eigenvalue weighted by atomic mass is 32.1. The fraction of sp³-hybridized carbons (Fsp3) is 0.667. The van der Waals surface area contributed by atoms with E-state index in [1.165, 1.54) is 10.4 Å². The minimum absolute atomic E-state index is 0.205. The minimum atomic E-state index is 0.205. The molecule has 0 saturated carbocycles. The number of fused-ring (bicyclic) bond motifs is 1. The molecule has 2 nitrogen and oxygen atoms in total. The van der Waals surface area contributed by atoms with Gasteiger partial charge in [0.25, 0.3) is 0 Å². The fourth-order valence-corrected chi connectivity index (χ4v) is 3.07. The summed E-state index contributed by atoms with van der Waals surface area (Å²) in [6.07, 6.45) is 1.05. The predicted molar refractivity (Wildman–Crippen MR) is 64.4 cm³/mol. The first-order valence-electron chi connectivity index (χ1n) is 5.59. The summed E-state index contributed by atoms with van der Waals surface area (Å²) < 4.78 is 5.65. The van der Waals surface area contributed by atoms with Crippen LogP contribution in [0, 0.1) is 5.92 Å². The van der Waals surface area contributed by atoms with Crippen molar-refractivity contribution in [2.24, 2.45) is 11.7 Å². The Morgan fingerprint density at radius 2 is 2.33 bits per heavy atom. The van der Waals surface area contributed by atoms with E-state index in [0.29, 0.717) is 11.8 Å². The van der Waals surface area contributed by atoms with Gasteiger partial charge in [0, 0.05) is 23.3 Å². The molecule has 1 aliphatic heterocycles. The Balaban J connectivity index is 2.25. The number of thiophene rings is 1. The molecule has 3 heteroatoms. The third-order valence-corrected chi connectivity index (χ3v) is 4.18. The molecule has 15 heavy (non-hydrogen) atoms. The molecule has 0 spiro atoms. The topological polar surface area (TPSA) is 35.2 Å². The van der Waals surface area contributed by atoms with Crippen molar-refractivity contribution < 1.29 is 4.74 Å². The van der Waals surface area contributed by atoms with Crippen molar-refractivity contribution in [1.82, 2.24) is 0 Å². The van der Waals surface area contributed by atoms with Crippen molar-refractivity contribution in [3.63, 3.8) is 0 Å². The lowest BCUT2D eigenvalue weighted by Gasteiger charge is -2.25. The molecule has 1 aromatic rings. The molecular formula is C12H19NOS. The molecule has 84 valence electrons. The zero-order chi connectivity index (χ0) is 10.8. The molecule has 0 radical (unpaired) electrons. The molecule has 0 aliphatic carbocycles. The van der Waals surface area contributed by atoms with Crippen LogP contribution in [0.1, 0.15) is 30.2 Å². The van der Waals surface area contributed by atoms with Gasteiger partial charge in [-0.25, -0.2) is 0 Å². The smallest absolute Gasteiger partial charge is 0.0550 e. The van der Waals surface area contributed by atoms with Crippen LogP contribution in [0.25, 0.3) is 0 Å². The van der Waals surface area contributed by atoms with Gasteiger partial charge in [-0.2, -0.15) is 0 Å². The first-order chi connectivity index (χ1) is 7.20. The quantitative estimate of drug-likeness (QED) is 0.838. The van der Waals surface area contributed by atoms with Crippen molar-refractivity contribution in [2.45, 2.75) is 32.2 Å². The summed E-state index contributed by atoms with van der Waals surface area (Å²) in [5, 5.41) is 2.18. The molecule has 0 saturated heterocycles. The van der Waals surface area contributed by atoms with Crippen LogP contribution in [-0.2, 0) is 11.2 Å². The molecule has 2 atom stereocenters. The molecule has 2 rings (SSSR count). The second-order valence-corrected chi connectivity index (χ2v) is 5.55. The van der Waals surface area contributed by atoms with Gasteiger partial charge in [0.1, 0.15) is 0 Å². The lowest BCUT2D eigenvalue weighted by molar-refractivity contribution is 0.118. The van der Waals surface area contributed by atoms with E-state index in [-0.39, 0.29) is 6.04 Å². The maximum Gasteiger partial charge on any atom is 0.0550 e. The Kier molecular flexibility index (Phi) is 3.44. The minimum Gasteiger partial charge on any atom is -0.380 e. The van der Waals surface area contributed by atoms with E-state index < -0.39 is 0 Å². The SMILES string of the molecule is CC(C)[C@H](N)[C@H]1COCCc2sccc21. The van der Waals surface area contributed by atoms with Gasteiger partial charge in [0.05, 0.1) is 13.2 Å². The summed E-state index contributed by atoms with van der Waals surface area (Å²) >= 11 is 1.84. The van der Waals surface area contributed by atoms with Crippen molar-refractivity contribution in [3.05, 3.63) is 21.9 Å². The summed E-state index contributed by atoms with van der Waals surface area (Å²) in [7, 11) is 0.